The Kier molecular flexibility index (Phi) is 6.52. The van der Waals surface area contributed by atoms with Gasteiger partial charge < -0.3 is 26.2 Å². The van der Waals surface area contributed by atoms with Crippen LogP contribution in [0.5, 0.6) is 0 Å². The zero-order chi connectivity index (χ0) is 22.3. The van der Waals surface area contributed by atoms with E-state index in [9.17, 15) is 23.1 Å². The van der Waals surface area contributed by atoms with Gasteiger partial charge in [0.2, 0.25) is 5.91 Å². The Labute approximate surface area is 176 Å². The van der Waals surface area contributed by atoms with Crippen LogP contribution in [-0.4, -0.2) is 88.9 Å². The quantitative estimate of drug-likeness (QED) is 0.258. The van der Waals surface area contributed by atoms with Gasteiger partial charge in [-0.05, 0) is 37.9 Å². The van der Waals surface area contributed by atoms with Gasteiger partial charge in [0.05, 0.1) is 6.04 Å². The summed E-state index contributed by atoms with van der Waals surface area (Å²) in [4.78, 5) is 24.6. The standard InChI is InChI=1S/C17H31BN4O7S/c1-12(19)14(23)20-17(15(24)25)11-21(8-13(17)4-2-7-18(26)27)30(28,29)22-9-16(10-22)5-3-6-16/h12-13,26-27H,2-11,19H2,1H3,(H,20,23)(H,24,25)/t12-,13-,17-/m0/s1. The zero-order valence-corrected chi connectivity index (χ0v) is 18.0. The zero-order valence-electron chi connectivity index (χ0n) is 17.2. The molecular formula is C17H31BN4O7S. The third kappa shape index (κ3) is 4.23. The molecule has 3 atom stereocenters. The predicted octanol–water partition coefficient (Wildman–Crippen LogP) is -1.81. The van der Waals surface area contributed by atoms with Crippen molar-refractivity contribution in [2.45, 2.75) is 56.9 Å². The number of rotatable bonds is 9. The van der Waals surface area contributed by atoms with Crippen molar-refractivity contribution >= 4 is 29.2 Å². The normalized spacial score (nSPS) is 29.8. The smallest absolute Gasteiger partial charge is 0.451 e. The molecule has 170 valence electrons. The van der Waals surface area contributed by atoms with Crippen molar-refractivity contribution in [3.05, 3.63) is 0 Å². The van der Waals surface area contributed by atoms with Crippen LogP contribution in [0.3, 0.4) is 0 Å². The molecule has 3 rings (SSSR count). The van der Waals surface area contributed by atoms with Crippen LogP contribution in [0.4, 0.5) is 0 Å². The first kappa shape index (κ1) is 23.4. The van der Waals surface area contributed by atoms with Crippen molar-refractivity contribution < 1.29 is 33.2 Å². The first-order valence-electron chi connectivity index (χ1n) is 10.3. The molecule has 0 radical (unpaired) electrons. The van der Waals surface area contributed by atoms with Gasteiger partial charge >= 0.3 is 13.1 Å². The van der Waals surface area contributed by atoms with Crippen LogP contribution in [0.25, 0.3) is 0 Å². The second kappa shape index (κ2) is 8.36. The Morgan fingerprint density at radius 2 is 1.87 bits per heavy atom. The summed E-state index contributed by atoms with van der Waals surface area (Å²) in [5, 5.41) is 30.7. The lowest BCUT2D eigenvalue weighted by Crippen LogP contribution is -2.65. The maximum absolute atomic E-state index is 13.1. The summed E-state index contributed by atoms with van der Waals surface area (Å²) in [7, 11) is -5.40. The number of carbonyl (C=O) groups excluding carboxylic acids is 1. The van der Waals surface area contributed by atoms with Gasteiger partial charge in [0.15, 0.2) is 5.54 Å². The van der Waals surface area contributed by atoms with E-state index in [0.29, 0.717) is 13.1 Å². The Bertz CT molecular complexity index is 781. The minimum atomic E-state index is -3.86. The van der Waals surface area contributed by atoms with Crippen molar-refractivity contribution in [2.75, 3.05) is 26.2 Å². The van der Waals surface area contributed by atoms with E-state index >= 15 is 0 Å². The van der Waals surface area contributed by atoms with Gasteiger partial charge in [-0.1, -0.05) is 12.8 Å². The molecule has 6 N–H and O–H groups in total. The van der Waals surface area contributed by atoms with Gasteiger partial charge in [0.25, 0.3) is 10.2 Å². The minimum Gasteiger partial charge on any atom is -0.479 e. The van der Waals surface area contributed by atoms with Crippen LogP contribution < -0.4 is 11.1 Å². The highest BCUT2D eigenvalue weighted by atomic mass is 32.2. The largest absolute Gasteiger partial charge is 0.479 e. The maximum atomic E-state index is 13.1. The molecule has 2 aliphatic heterocycles. The molecule has 3 aliphatic rings. The number of carbonyl (C=O) groups is 2. The number of aliphatic carboxylic acids is 1. The minimum absolute atomic E-state index is 0.0227. The molecule has 1 saturated carbocycles. The van der Waals surface area contributed by atoms with Crippen LogP contribution in [0.15, 0.2) is 0 Å². The van der Waals surface area contributed by atoms with Crippen LogP contribution in [0.1, 0.15) is 39.0 Å². The summed E-state index contributed by atoms with van der Waals surface area (Å²) < 4.78 is 28.8. The Morgan fingerprint density at radius 3 is 2.33 bits per heavy atom. The van der Waals surface area contributed by atoms with E-state index in [-0.39, 0.29) is 37.7 Å². The van der Waals surface area contributed by atoms with Crippen molar-refractivity contribution in [1.29, 1.82) is 0 Å². The van der Waals surface area contributed by atoms with Gasteiger partial charge in [-0.2, -0.15) is 17.0 Å². The van der Waals surface area contributed by atoms with E-state index in [1.807, 2.05) is 0 Å². The fraction of sp³-hybridized carbons (Fsp3) is 0.882. The lowest BCUT2D eigenvalue weighted by Gasteiger charge is -2.55. The van der Waals surface area contributed by atoms with E-state index < -0.39 is 46.7 Å². The van der Waals surface area contributed by atoms with Crippen LogP contribution in [-0.2, 0) is 19.8 Å². The van der Waals surface area contributed by atoms with Gasteiger partial charge in [-0.15, -0.1) is 0 Å². The summed E-state index contributed by atoms with van der Waals surface area (Å²) in [6.07, 6.45) is 3.62. The first-order chi connectivity index (χ1) is 13.9. The molecule has 0 unspecified atom stereocenters. The van der Waals surface area contributed by atoms with Gasteiger partial charge in [0.1, 0.15) is 0 Å². The molecule has 0 aromatic heterocycles. The second-order valence-corrected chi connectivity index (χ2v) is 11.0. The van der Waals surface area contributed by atoms with E-state index in [1.165, 1.54) is 11.2 Å². The van der Waals surface area contributed by atoms with Crippen LogP contribution in [0, 0.1) is 11.3 Å². The summed E-state index contributed by atoms with van der Waals surface area (Å²) in [6, 6.07) is -0.958. The molecule has 13 heteroatoms. The third-order valence-corrected chi connectivity index (χ3v) is 8.63. The van der Waals surface area contributed by atoms with Gasteiger partial charge in [-0.25, -0.2) is 4.79 Å². The number of nitrogens with one attached hydrogen (secondary N) is 1. The number of nitrogens with zero attached hydrogens (tertiary/aromatic N) is 2. The summed E-state index contributed by atoms with van der Waals surface area (Å²) in [5.41, 5.74) is 3.86. The van der Waals surface area contributed by atoms with E-state index in [4.69, 9.17) is 15.8 Å². The Morgan fingerprint density at radius 1 is 1.23 bits per heavy atom. The third-order valence-electron chi connectivity index (χ3n) is 6.79. The topological polar surface area (TPSA) is 173 Å². The summed E-state index contributed by atoms with van der Waals surface area (Å²) >= 11 is 0. The molecule has 3 fully saturated rings. The van der Waals surface area contributed by atoms with E-state index in [1.54, 1.807) is 0 Å². The van der Waals surface area contributed by atoms with Gasteiger partial charge in [-0.3, -0.25) is 4.79 Å². The molecule has 1 spiro atoms. The highest BCUT2D eigenvalue weighted by molar-refractivity contribution is 7.86. The van der Waals surface area contributed by atoms with Crippen LogP contribution >= 0.6 is 0 Å². The summed E-state index contributed by atoms with van der Waals surface area (Å²) in [5.74, 6) is -2.74. The lowest BCUT2D eigenvalue weighted by atomic mass is 9.65. The average molecular weight is 446 g/mol. The van der Waals surface area contributed by atoms with E-state index in [2.05, 4.69) is 5.32 Å². The maximum Gasteiger partial charge on any atom is 0.451 e. The second-order valence-electron chi connectivity index (χ2n) is 9.08. The molecule has 11 nitrogen and oxygen atoms in total. The molecule has 0 aromatic carbocycles. The number of amides is 1. The Hall–Kier alpha value is -1.25. The highest BCUT2D eigenvalue weighted by Crippen LogP contribution is 2.50. The number of carboxylic acid groups (broad SMARTS) is 1. The highest BCUT2D eigenvalue weighted by Gasteiger charge is 2.59. The summed E-state index contributed by atoms with van der Waals surface area (Å²) in [6.45, 7) is 1.85. The SMILES string of the molecule is C[C@H](N)C(=O)N[C@@]1(C(=O)O)CN(S(=O)(=O)N2CC3(CCC3)C2)C[C@@H]1CCCB(O)O. The average Bonchev–Trinajstić information content (AvgIpc) is 2.92. The number of nitrogens with two attached hydrogens (primary N) is 1. The lowest BCUT2D eigenvalue weighted by molar-refractivity contribution is -0.149. The number of hydrogen-bond acceptors (Lipinski definition) is 7. The van der Waals surface area contributed by atoms with Crippen molar-refractivity contribution in [3.8, 4) is 0 Å². The van der Waals surface area contributed by atoms with E-state index in [0.717, 1.165) is 23.6 Å². The first-order valence-corrected chi connectivity index (χ1v) is 11.7. The Balaban J connectivity index is 1.81. The van der Waals surface area contributed by atoms with Crippen molar-refractivity contribution in [2.24, 2.45) is 17.1 Å². The molecule has 30 heavy (non-hydrogen) atoms. The molecule has 0 bridgehead atoms. The molecule has 2 saturated heterocycles. The van der Waals surface area contributed by atoms with Crippen molar-refractivity contribution in [3.63, 3.8) is 0 Å². The number of hydrogen-bond donors (Lipinski definition) is 5. The fourth-order valence-electron chi connectivity index (χ4n) is 4.73. The molecular weight excluding hydrogens is 415 g/mol. The molecule has 0 aromatic rings. The molecule has 1 aliphatic carbocycles. The predicted molar refractivity (Wildman–Crippen MR) is 108 cm³/mol. The monoisotopic (exact) mass is 446 g/mol. The molecule has 1 amide bonds. The van der Waals surface area contributed by atoms with Gasteiger partial charge in [0, 0.05) is 32.1 Å². The van der Waals surface area contributed by atoms with Crippen LogP contribution in [0.2, 0.25) is 6.32 Å². The number of carboxylic acids is 1. The molecule has 2 heterocycles. The van der Waals surface area contributed by atoms with Crippen molar-refractivity contribution in [1.82, 2.24) is 13.9 Å². The fourth-order valence-corrected chi connectivity index (χ4v) is 6.66.